The summed E-state index contributed by atoms with van der Waals surface area (Å²) in [7, 11) is 1.69. The van der Waals surface area contributed by atoms with Gasteiger partial charge >= 0.3 is 0 Å². The first-order valence-corrected chi connectivity index (χ1v) is 7.34. The maximum absolute atomic E-state index is 5.18. The van der Waals surface area contributed by atoms with E-state index in [1.165, 1.54) is 20.4 Å². The normalized spacial score (nSPS) is 12.0. The van der Waals surface area contributed by atoms with Crippen LogP contribution in [0.25, 0.3) is 0 Å². The number of ether oxygens (including phenoxy) is 1. The van der Waals surface area contributed by atoms with Crippen LogP contribution in [0.2, 0.25) is 0 Å². The van der Waals surface area contributed by atoms with E-state index in [-0.39, 0.29) is 6.04 Å². The van der Waals surface area contributed by atoms with E-state index in [9.17, 15) is 0 Å². The van der Waals surface area contributed by atoms with Gasteiger partial charge in [-0.3, -0.25) is 0 Å². The fourth-order valence-electron chi connectivity index (χ4n) is 2.00. The minimum Gasteiger partial charge on any atom is -0.497 e. The molecule has 1 unspecified atom stereocenters. The van der Waals surface area contributed by atoms with Gasteiger partial charge in [-0.1, -0.05) is 12.1 Å². The van der Waals surface area contributed by atoms with Crippen molar-refractivity contribution in [3.8, 4) is 5.75 Å². The molecule has 0 bridgehead atoms. The lowest BCUT2D eigenvalue weighted by molar-refractivity contribution is 0.414. The molecule has 0 radical (unpaired) electrons. The molecule has 2 rings (SSSR count). The van der Waals surface area contributed by atoms with Crippen LogP contribution >= 0.6 is 22.6 Å². The van der Waals surface area contributed by atoms with Crippen LogP contribution in [0.15, 0.2) is 42.5 Å². The molecular formula is C16H18INO. The van der Waals surface area contributed by atoms with Crippen molar-refractivity contribution in [3.63, 3.8) is 0 Å². The molecule has 0 aliphatic rings. The van der Waals surface area contributed by atoms with Gasteiger partial charge in [-0.25, -0.2) is 0 Å². The Morgan fingerprint density at radius 3 is 2.37 bits per heavy atom. The van der Waals surface area contributed by atoms with Gasteiger partial charge in [-0.05, 0) is 77.9 Å². The second-order valence-corrected chi connectivity index (χ2v) is 5.84. The van der Waals surface area contributed by atoms with Crippen molar-refractivity contribution in [2.45, 2.75) is 19.9 Å². The summed E-state index contributed by atoms with van der Waals surface area (Å²) in [5, 5.41) is 3.55. The summed E-state index contributed by atoms with van der Waals surface area (Å²) >= 11 is 2.33. The molecular weight excluding hydrogens is 349 g/mol. The van der Waals surface area contributed by atoms with Gasteiger partial charge in [-0.2, -0.15) is 0 Å². The molecule has 0 spiro atoms. The highest BCUT2D eigenvalue weighted by Gasteiger charge is 2.07. The van der Waals surface area contributed by atoms with Crippen molar-refractivity contribution in [3.05, 3.63) is 57.2 Å². The molecule has 1 N–H and O–H groups in total. The molecule has 0 aliphatic heterocycles. The van der Waals surface area contributed by atoms with E-state index in [0.29, 0.717) is 0 Å². The molecule has 0 fully saturated rings. The highest BCUT2D eigenvalue weighted by Crippen LogP contribution is 2.24. The minimum absolute atomic E-state index is 0.268. The smallest absolute Gasteiger partial charge is 0.118 e. The number of methoxy groups -OCH3 is 1. The summed E-state index contributed by atoms with van der Waals surface area (Å²) in [4.78, 5) is 0. The van der Waals surface area contributed by atoms with E-state index in [4.69, 9.17) is 4.74 Å². The molecule has 0 amide bonds. The third-order valence-corrected chi connectivity index (χ3v) is 3.85. The van der Waals surface area contributed by atoms with Crippen molar-refractivity contribution in [2.24, 2.45) is 0 Å². The van der Waals surface area contributed by atoms with Gasteiger partial charge in [0.15, 0.2) is 0 Å². The molecule has 0 aromatic heterocycles. The summed E-state index contributed by atoms with van der Waals surface area (Å²) < 4.78 is 6.44. The van der Waals surface area contributed by atoms with Gasteiger partial charge in [0.05, 0.1) is 7.11 Å². The predicted molar refractivity (Wildman–Crippen MR) is 88.9 cm³/mol. The minimum atomic E-state index is 0.268. The molecule has 2 nitrogen and oxygen atoms in total. The van der Waals surface area contributed by atoms with Crippen molar-refractivity contribution in [2.75, 3.05) is 12.4 Å². The largest absolute Gasteiger partial charge is 0.497 e. The quantitative estimate of drug-likeness (QED) is 0.786. The zero-order valence-electron chi connectivity index (χ0n) is 11.4. The van der Waals surface area contributed by atoms with Crippen LogP contribution in [-0.2, 0) is 0 Å². The van der Waals surface area contributed by atoms with E-state index in [2.05, 4.69) is 72.1 Å². The molecule has 1 atom stereocenters. The molecule has 2 aromatic carbocycles. The standard InChI is InChI=1S/C16H18INO/c1-11-10-14(17)6-9-16(11)18-12(2)13-4-7-15(19-3)8-5-13/h4-10,12,18H,1-3H3. The number of rotatable bonds is 4. The zero-order valence-corrected chi connectivity index (χ0v) is 13.6. The van der Waals surface area contributed by atoms with E-state index >= 15 is 0 Å². The van der Waals surface area contributed by atoms with Crippen LogP contribution in [0.5, 0.6) is 5.75 Å². The summed E-state index contributed by atoms with van der Waals surface area (Å²) in [6.07, 6.45) is 0. The number of aryl methyl sites for hydroxylation is 1. The Kier molecular flexibility index (Phi) is 4.69. The Balaban J connectivity index is 2.13. The number of hydrogen-bond donors (Lipinski definition) is 1. The zero-order chi connectivity index (χ0) is 13.8. The Bertz CT molecular complexity index is 551. The third kappa shape index (κ3) is 3.62. The second-order valence-electron chi connectivity index (χ2n) is 4.60. The molecule has 0 saturated heterocycles. The van der Waals surface area contributed by atoms with Crippen LogP contribution in [0, 0.1) is 10.5 Å². The van der Waals surface area contributed by atoms with Crippen LogP contribution in [-0.4, -0.2) is 7.11 Å². The monoisotopic (exact) mass is 367 g/mol. The molecule has 0 heterocycles. The van der Waals surface area contributed by atoms with Crippen LogP contribution in [0.4, 0.5) is 5.69 Å². The topological polar surface area (TPSA) is 21.3 Å². The summed E-state index contributed by atoms with van der Waals surface area (Å²) in [5.41, 5.74) is 3.70. The van der Waals surface area contributed by atoms with E-state index in [1.54, 1.807) is 7.11 Å². The lowest BCUT2D eigenvalue weighted by Gasteiger charge is -2.18. The van der Waals surface area contributed by atoms with Gasteiger partial charge in [0.25, 0.3) is 0 Å². The summed E-state index contributed by atoms with van der Waals surface area (Å²) in [6.45, 7) is 4.30. The number of hydrogen-bond acceptors (Lipinski definition) is 2. The highest BCUT2D eigenvalue weighted by atomic mass is 127. The Morgan fingerprint density at radius 2 is 1.79 bits per heavy atom. The van der Waals surface area contributed by atoms with Crippen LogP contribution in [0.1, 0.15) is 24.1 Å². The first-order chi connectivity index (χ1) is 9.10. The van der Waals surface area contributed by atoms with E-state index in [0.717, 1.165) is 5.75 Å². The van der Waals surface area contributed by atoms with Crippen molar-refractivity contribution >= 4 is 28.3 Å². The average molecular weight is 367 g/mol. The van der Waals surface area contributed by atoms with Crippen molar-refractivity contribution in [1.82, 2.24) is 0 Å². The van der Waals surface area contributed by atoms with Crippen LogP contribution < -0.4 is 10.1 Å². The van der Waals surface area contributed by atoms with Gasteiger partial charge in [0, 0.05) is 15.3 Å². The predicted octanol–water partition coefficient (Wildman–Crippen LogP) is 4.78. The fraction of sp³-hybridized carbons (Fsp3) is 0.250. The molecule has 3 heteroatoms. The average Bonchev–Trinajstić information content (AvgIpc) is 2.42. The molecule has 0 aliphatic carbocycles. The van der Waals surface area contributed by atoms with Gasteiger partial charge in [0.1, 0.15) is 5.75 Å². The second kappa shape index (κ2) is 6.28. The van der Waals surface area contributed by atoms with E-state index < -0.39 is 0 Å². The Labute approximate surface area is 128 Å². The summed E-state index contributed by atoms with van der Waals surface area (Å²) in [5.74, 6) is 0.890. The van der Waals surface area contributed by atoms with Crippen LogP contribution in [0.3, 0.4) is 0 Å². The maximum atomic E-state index is 5.18. The summed E-state index contributed by atoms with van der Waals surface area (Å²) in [6, 6.07) is 14.9. The number of nitrogens with one attached hydrogen (secondary N) is 1. The van der Waals surface area contributed by atoms with Gasteiger partial charge < -0.3 is 10.1 Å². The maximum Gasteiger partial charge on any atom is 0.118 e. The SMILES string of the molecule is COc1ccc(C(C)Nc2ccc(I)cc2C)cc1. The molecule has 0 saturated carbocycles. The molecule has 100 valence electrons. The third-order valence-electron chi connectivity index (χ3n) is 3.18. The van der Waals surface area contributed by atoms with E-state index in [1.807, 2.05) is 12.1 Å². The fourth-order valence-corrected chi connectivity index (χ4v) is 2.65. The van der Waals surface area contributed by atoms with Crippen molar-refractivity contribution in [1.29, 1.82) is 0 Å². The van der Waals surface area contributed by atoms with Gasteiger partial charge in [-0.15, -0.1) is 0 Å². The number of anilines is 1. The Morgan fingerprint density at radius 1 is 1.11 bits per heavy atom. The lowest BCUT2D eigenvalue weighted by atomic mass is 10.1. The lowest BCUT2D eigenvalue weighted by Crippen LogP contribution is -2.07. The first kappa shape index (κ1) is 14.2. The van der Waals surface area contributed by atoms with Gasteiger partial charge in [0.2, 0.25) is 0 Å². The Hall–Kier alpha value is -1.23. The molecule has 19 heavy (non-hydrogen) atoms. The number of benzene rings is 2. The van der Waals surface area contributed by atoms with Crippen molar-refractivity contribution < 1.29 is 4.74 Å². The number of halogens is 1. The first-order valence-electron chi connectivity index (χ1n) is 6.27. The highest BCUT2D eigenvalue weighted by molar-refractivity contribution is 14.1. The molecule has 2 aromatic rings.